The zero-order valence-corrected chi connectivity index (χ0v) is 17.1. The molecule has 0 radical (unpaired) electrons. The monoisotopic (exact) mass is 449 g/mol. The number of nitrogens with zero attached hydrogens (tertiary/aromatic N) is 1. The average molecular weight is 451 g/mol. The lowest BCUT2D eigenvalue weighted by atomic mass is 9.65. The van der Waals surface area contributed by atoms with Gasteiger partial charge >= 0.3 is 0 Å². The molecule has 3 nitrogen and oxygen atoms in total. The summed E-state index contributed by atoms with van der Waals surface area (Å²) in [6.45, 7) is 7.36. The molecule has 0 aromatic heterocycles. The first-order valence-electron chi connectivity index (χ1n) is 7.49. The molecule has 122 valence electrons. The van der Waals surface area contributed by atoms with E-state index in [0.29, 0.717) is 15.9 Å². The maximum atomic E-state index is 13.2. The van der Waals surface area contributed by atoms with Crippen LogP contribution in [-0.4, -0.2) is 25.3 Å². The Hall–Kier alpha value is 0.0900. The van der Waals surface area contributed by atoms with Crippen molar-refractivity contribution in [2.75, 3.05) is 6.54 Å². The van der Waals surface area contributed by atoms with Gasteiger partial charge in [0.1, 0.15) is 0 Å². The lowest BCUT2D eigenvalue weighted by Gasteiger charge is -2.39. The molecule has 0 spiro atoms. The maximum Gasteiger partial charge on any atom is 0.244 e. The molecule has 2 fully saturated rings. The molecule has 1 aromatic rings. The highest BCUT2D eigenvalue weighted by atomic mass is 79.9. The minimum atomic E-state index is -3.48. The van der Waals surface area contributed by atoms with Crippen LogP contribution in [0.5, 0.6) is 0 Å². The normalized spacial score (nSPS) is 31.4. The van der Waals surface area contributed by atoms with Crippen LogP contribution in [0.1, 0.15) is 40.0 Å². The van der Waals surface area contributed by atoms with Gasteiger partial charge in [-0.1, -0.05) is 36.7 Å². The molecule has 1 heterocycles. The minimum absolute atomic E-state index is 0.0952. The van der Waals surface area contributed by atoms with Crippen molar-refractivity contribution in [2.24, 2.45) is 10.8 Å². The number of hydrogen-bond acceptors (Lipinski definition) is 2. The van der Waals surface area contributed by atoms with Crippen LogP contribution in [0.15, 0.2) is 32.0 Å². The SMILES string of the molecule is CC1(C)CC2CC(C)(CN2S(=O)(=O)c2cc(Br)ccc2Br)C1. The molecule has 2 bridgehead atoms. The largest absolute Gasteiger partial charge is 0.244 e. The summed E-state index contributed by atoms with van der Waals surface area (Å²) >= 11 is 6.77. The van der Waals surface area contributed by atoms with Gasteiger partial charge < -0.3 is 0 Å². The van der Waals surface area contributed by atoms with Gasteiger partial charge in [-0.25, -0.2) is 8.42 Å². The third kappa shape index (κ3) is 2.92. The van der Waals surface area contributed by atoms with E-state index in [-0.39, 0.29) is 16.9 Å². The van der Waals surface area contributed by atoms with E-state index in [1.54, 1.807) is 16.4 Å². The van der Waals surface area contributed by atoms with Gasteiger partial charge in [0.25, 0.3) is 0 Å². The standard InChI is InChI=1S/C16H21Br2NO2S/c1-15(2)7-12-8-16(3,9-15)10-19(12)22(20,21)14-6-11(17)4-5-13(14)18/h4-6,12H,7-10H2,1-3H3. The van der Waals surface area contributed by atoms with Crippen LogP contribution in [0.2, 0.25) is 0 Å². The number of halogens is 2. The minimum Gasteiger partial charge on any atom is -0.207 e. The first-order valence-corrected chi connectivity index (χ1v) is 10.5. The van der Waals surface area contributed by atoms with Crippen LogP contribution >= 0.6 is 31.9 Å². The van der Waals surface area contributed by atoms with Crippen LogP contribution in [0, 0.1) is 10.8 Å². The molecule has 1 aliphatic heterocycles. The van der Waals surface area contributed by atoms with Crippen molar-refractivity contribution >= 4 is 41.9 Å². The van der Waals surface area contributed by atoms with Gasteiger partial charge in [0.2, 0.25) is 10.0 Å². The molecule has 6 heteroatoms. The van der Waals surface area contributed by atoms with Crippen molar-refractivity contribution in [3.8, 4) is 0 Å². The average Bonchev–Trinajstić information content (AvgIpc) is 2.62. The summed E-state index contributed by atoms with van der Waals surface area (Å²) in [6, 6.07) is 5.43. The first-order chi connectivity index (χ1) is 10.0. The molecule has 0 N–H and O–H groups in total. The molecule has 0 amide bonds. The Bertz CT molecular complexity index is 717. The van der Waals surface area contributed by atoms with Crippen LogP contribution < -0.4 is 0 Å². The fourth-order valence-corrected chi connectivity index (χ4v) is 7.73. The number of benzene rings is 1. The third-order valence-corrected chi connectivity index (χ3v) is 8.23. The highest BCUT2D eigenvalue weighted by Crippen LogP contribution is 2.54. The number of hydrogen-bond donors (Lipinski definition) is 0. The first kappa shape index (κ1) is 16.9. The number of rotatable bonds is 2. The van der Waals surface area contributed by atoms with Crippen molar-refractivity contribution in [1.82, 2.24) is 4.31 Å². The van der Waals surface area contributed by atoms with Crippen LogP contribution in [0.3, 0.4) is 0 Å². The van der Waals surface area contributed by atoms with Crippen molar-refractivity contribution in [2.45, 2.75) is 51.0 Å². The van der Waals surface area contributed by atoms with E-state index in [1.165, 1.54) is 0 Å². The predicted molar refractivity (Wildman–Crippen MR) is 95.3 cm³/mol. The molecule has 3 rings (SSSR count). The Balaban J connectivity index is 2.02. The van der Waals surface area contributed by atoms with E-state index < -0.39 is 10.0 Å². The second-order valence-electron chi connectivity index (χ2n) is 7.84. The Morgan fingerprint density at radius 3 is 2.55 bits per heavy atom. The van der Waals surface area contributed by atoms with Crippen molar-refractivity contribution < 1.29 is 8.42 Å². The summed E-state index contributed by atoms with van der Waals surface area (Å²) in [5.74, 6) is 0. The van der Waals surface area contributed by atoms with E-state index in [2.05, 4.69) is 52.6 Å². The zero-order valence-electron chi connectivity index (χ0n) is 13.1. The van der Waals surface area contributed by atoms with Gasteiger partial charge in [0.05, 0.1) is 4.90 Å². The molecular weight excluding hydrogens is 430 g/mol. The van der Waals surface area contributed by atoms with Gasteiger partial charge in [-0.05, 0) is 64.2 Å². The smallest absolute Gasteiger partial charge is 0.207 e. The van der Waals surface area contributed by atoms with E-state index in [9.17, 15) is 8.42 Å². The maximum absolute atomic E-state index is 13.2. The summed E-state index contributed by atoms with van der Waals surface area (Å²) < 4.78 is 29.5. The second kappa shape index (κ2) is 5.30. The predicted octanol–water partition coefficient (Wildman–Crippen LogP) is 4.80. The molecule has 2 unspecified atom stereocenters. The van der Waals surface area contributed by atoms with Gasteiger partial charge in [0, 0.05) is 21.5 Å². The summed E-state index contributed by atoms with van der Waals surface area (Å²) in [4.78, 5) is 0.357. The third-order valence-electron chi connectivity index (χ3n) is 4.85. The van der Waals surface area contributed by atoms with E-state index in [0.717, 1.165) is 23.7 Å². The van der Waals surface area contributed by atoms with Gasteiger partial charge in [-0.2, -0.15) is 4.31 Å². The van der Waals surface area contributed by atoms with Gasteiger partial charge in [-0.3, -0.25) is 0 Å². The number of fused-ring (bicyclic) bond motifs is 2. The van der Waals surface area contributed by atoms with Gasteiger partial charge in [-0.15, -0.1) is 0 Å². The second-order valence-corrected chi connectivity index (χ2v) is 11.5. The Morgan fingerprint density at radius 1 is 1.18 bits per heavy atom. The van der Waals surface area contributed by atoms with Crippen LogP contribution in [0.4, 0.5) is 0 Å². The van der Waals surface area contributed by atoms with E-state index in [1.807, 2.05) is 6.07 Å². The summed E-state index contributed by atoms with van der Waals surface area (Å²) in [6.07, 6.45) is 3.00. The Kier molecular flexibility index (Phi) is 4.08. The molecule has 1 saturated heterocycles. The zero-order chi connectivity index (χ0) is 16.3. The fourth-order valence-electron chi connectivity index (χ4n) is 4.49. The Labute approximate surface area is 149 Å². The van der Waals surface area contributed by atoms with Crippen LogP contribution in [0.25, 0.3) is 0 Å². The molecule has 1 aliphatic carbocycles. The van der Waals surface area contributed by atoms with Crippen molar-refractivity contribution in [1.29, 1.82) is 0 Å². The lowest BCUT2D eigenvalue weighted by Crippen LogP contribution is -2.37. The molecule has 2 atom stereocenters. The Morgan fingerprint density at radius 2 is 1.86 bits per heavy atom. The highest BCUT2D eigenvalue weighted by molar-refractivity contribution is 9.11. The molecule has 22 heavy (non-hydrogen) atoms. The summed E-state index contributed by atoms with van der Waals surface area (Å²) in [7, 11) is -3.48. The topological polar surface area (TPSA) is 37.4 Å². The van der Waals surface area contributed by atoms with E-state index in [4.69, 9.17) is 0 Å². The van der Waals surface area contributed by atoms with Crippen LogP contribution in [-0.2, 0) is 10.0 Å². The van der Waals surface area contributed by atoms with Crippen molar-refractivity contribution in [3.63, 3.8) is 0 Å². The van der Waals surface area contributed by atoms with Crippen molar-refractivity contribution in [3.05, 3.63) is 27.1 Å². The molecule has 1 aromatic carbocycles. The number of sulfonamides is 1. The molecular formula is C16H21Br2NO2S. The molecule has 1 saturated carbocycles. The molecule has 2 aliphatic rings. The van der Waals surface area contributed by atoms with E-state index >= 15 is 0 Å². The quantitative estimate of drug-likeness (QED) is 0.648. The highest BCUT2D eigenvalue weighted by Gasteiger charge is 2.53. The summed E-state index contributed by atoms with van der Waals surface area (Å²) in [5, 5.41) is 0. The van der Waals surface area contributed by atoms with Gasteiger partial charge in [0.15, 0.2) is 0 Å². The lowest BCUT2D eigenvalue weighted by molar-refractivity contribution is 0.133. The fraction of sp³-hybridized carbons (Fsp3) is 0.625. The summed E-state index contributed by atoms with van der Waals surface area (Å²) in [5.41, 5.74) is 0.300.